The molecule has 0 unspecified atom stereocenters. The Labute approximate surface area is 162 Å². The number of nitrogens with zero attached hydrogens (tertiary/aromatic N) is 3. The van der Waals surface area contributed by atoms with Crippen molar-refractivity contribution in [2.75, 3.05) is 18.9 Å². The number of likely N-dealkylation sites (tertiary alicyclic amines) is 1. The number of nitrogens with two attached hydrogens (primary N) is 1. The second kappa shape index (κ2) is 8.83. The SMILES string of the molecule is C#Cc1cccc(-n2cc(NC(C)=O)c(C(N)=O)n2)c1.CN1CC[C@H](O)C1=O. The van der Waals surface area contributed by atoms with Crippen molar-refractivity contribution in [3.63, 3.8) is 0 Å². The van der Waals surface area contributed by atoms with Gasteiger partial charge >= 0.3 is 0 Å². The van der Waals surface area contributed by atoms with Gasteiger partial charge in [-0.25, -0.2) is 4.68 Å². The summed E-state index contributed by atoms with van der Waals surface area (Å²) >= 11 is 0. The molecule has 1 atom stereocenters. The van der Waals surface area contributed by atoms with Gasteiger partial charge in [-0.2, -0.15) is 5.10 Å². The van der Waals surface area contributed by atoms with Crippen molar-refractivity contribution < 1.29 is 19.5 Å². The van der Waals surface area contributed by atoms with E-state index in [1.165, 1.54) is 22.7 Å². The molecular weight excluding hydrogens is 362 g/mol. The van der Waals surface area contributed by atoms with Crippen molar-refractivity contribution in [2.24, 2.45) is 5.73 Å². The number of likely N-dealkylation sites (N-methyl/N-ethyl adjacent to an activating group) is 1. The van der Waals surface area contributed by atoms with Gasteiger partial charge in [-0.3, -0.25) is 14.4 Å². The van der Waals surface area contributed by atoms with E-state index in [0.29, 0.717) is 24.2 Å². The third-order valence-corrected chi connectivity index (χ3v) is 3.93. The molecule has 2 heterocycles. The molecule has 0 radical (unpaired) electrons. The highest BCUT2D eigenvalue weighted by Crippen LogP contribution is 2.17. The van der Waals surface area contributed by atoms with Crippen LogP contribution in [0.3, 0.4) is 0 Å². The van der Waals surface area contributed by atoms with E-state index in [9.17, 15) is 14.4 Å². The highest BCUT2D eigenvalue weighted by Gasteiger charge is 2.26. The van der Waals surface area contributed by atoms with Crippen molar-refractivity contribution in [3.05, 3.63) is 41.7 Å². The predicted octanol–water partition coefficient (Wildman–Crippen LogP) is 0.120. The van der Waals surface area contributed by atoms with E-state index in [1.807, 2.05) is 0 Å². The van der Waals surface area contributed by atoms with Gasteiger partial charge in [0.1, 0.15) is 6.10 Å². The average Bonchev–Trinajstić information content (AvgIpc) is 3.20. The number of aliphatic hydroxyl groups excluding tert-OH is 1. The zero-order chi connectivity index (χ0) is 20.8. The van der Waals surface area contributed by atoms with E-state index in [4.69, 9.17) is 17.3 Å². The molecule has 146 valence electrons. The van der Waals surface area contributed by atoms with Gasteiger partial charge in [0.25, 0.3) is 11.8 Å². The summed E-state index contributed by atoms with van der Waals surface area (Å²) in [5.41, 5.74) is 6.84. The Bertz CT molecular complexity index is 932. The molecule has 1 aromatic heterocycles. The van der Waals surface area contributed by atoms with E-state index < -0.39 is 12.0 Å². The minimum Gasteiger partial charge on any atom is -0.383 e. The molecule has 28 heavy (non-hydrogen) atoms. The number of carbonyl (C=O) groups excluding carboxylic acids is 3. The van der Waals surface area contributed by atoms with Crippen LogP contribution in [0.1, 0.15) is 29.4 Å². The number of primary amides is 1. The Kier molecular flexibility index (Phi) is 6.52. The summed E-state index contributed by atoms with van der Waals surface area (Å²) in [4.78, 5) is 34.6. The summed E-state index contributed by atoms with van der Waals surface area (Å²) < 4.78 is 1.44. The molecule has 0 spiro atoms. The minimum absolute atomic E-state index is 0.00805. The van der Waals surface area contributed by atoms with E-state index in [-0.39, 0.29) is 23.2 Å². The van der Waals surface area contributed by atoms with Crippen molar-refractivity contribution >= 4 is 23.4 Å². The number of rotatable bonds is 3. The maximum atomic E-state index is 11.3. The first kappa shape index (κ1) is 20.7. The third-order valence-electron chi connectivity index (χ3n) is 3.93. The number of terminal acetylenes is 1. The van der Waals surface area contributed by atoms with Gasteiger partial charge in [-0.15, -0.1) is 6.42 Å². The summed E-state index contributed by atoms with van der Waals surface area (Å²) in [6, 6.07) is 7.05. The summed E-state index contributed by atoms with van der Waals surface area (Å²) in [5, 5.41) is 15.4. The van der Waals surface area contributed by atoms with E-state index in [1.54, 1.807) is 31.3 Å². The number of benzene rings is 1. The van der Waals surface area contributed by atoms with E-state index >= 15 is 0 Å². The molecule has 4 N–H and O–H groups in total. The van der Waals surface area contributed by atoms with Gasteiger partial charge in [0.05, 0.1) is 17.6 Å². The summed E-state index contributed by atoms with van der Waals surface area (Å²) in [6.45, 7) is 2.03. The Morgan fingerprint density at radius 1 is 1.43 bits per heavy atom. The molecular formula is C19H21N5O4. The first-order valence-corrected chi connectivity index (χ1v) is 8.40. The van der Waals surface area contributed by atoms with Crippen LogP contribution in [-0.4, -0.2) is 57.2 Å². The molecule has 1 aliphatic heterocycles. The van der Waals surface area contributed by atoms with Crippen LogP contribution in [0, 0.1) is 12.3 Å². The minimum atomic E-state index is -0.722. The van der Waals surface area contributed by atoms with Gasteiger partial charge in [0.2, 0.25) is 5.91 Å². The van der Waals surface area contributed by atoms with E-state index in [2.05, 4.69) is 16.3 Å². The monoisotopic (exact) mass is 383 g/mol. The quantitative estimate of drug-likeness (QED) is 0.648. The fourth-order valence-corrected chi connectivity index (χ4v) is 2.51. The Morgan fingerprint density at radius 3 is 2.61 bits per heavy atom. The molecule has 1 fully saturated rings. The molecule has 1 aliphatic rings. The first-order chi connectivity index (χ1) is 13.2. The molecule has 9 nitrogen and oxygen atoms in total. The fraction of sp³-hybridized carbons (Fsp3) is 0.263. The lowest BCUT2D eigenvalue weighted by Crippen LogP contribution is -2.24. The number of aliphatic hydroxyl groups is 1. The van der Waals surface area contributed by atoms with Gasteiger partial charge in [-0.05, 0) is 24.6 Å². The predicted molar refractivity (Wildman–Crippen MR) is 103 cm³/mol. The highest BCUT2D eigenvalue weighted by atomic mass is 16.3. The standard InChI is InChI=1S/C14H12N4O2.C5H9NO2/c1-3-10-5-4-6-11(7-10)18-8-12(16-9(2)19)13(17-18)14(15)20;1-6-3-2-4(7)5(6)8/h1,4-8H,2H3,(H2,15,20)(H,16,19);4,7H,2-3H2,1H3/t;4-/m.0/s1. The highest BCUT2D eigenvalue weighted by molar-refractivity contribution is 6.01. The number of aromatic nitrogens is 2. The topological polar surface area (TPSA) is 131 Å². The fourth-order valence-electron chi connectivity index (χ4n) is 2.51. The third kappa shape index (κ3) is 4.96. The van der Waals surface area contributed by atoms with Gasteiger partial charge in [0.15, 0.2) is 5.69 Å². The van der Waals surface area contributed by atoms with Crippen molar-refractivity contribution in [1.29, 1.82) is 0 Å². The lowest BCUT2D eigenvalue weighted by molar-refractivity contribution is -0.133. The van der Waals surface area contributed by atoms with Gasteiger partial charge in [0, 0.05) is 26.1 Å². The molecule has 3 amide bonds. The maximum Gasteiger partial charge on any atom is 0.271 e. The normalized spacial score (nSPS) is 15.4. The zero-order valence-electron chi connectivity index (χ0n) is 15.5. The molecule has 9 heteroatoms. The van der Waals surface area contributed by atoms with Crippen molar-refractivity contribution in [1.82, 2.24) is 14.7 Å². The van der Waals surface area contributed by atoms with Crippen LogP contribution in [0.4, 0.5) is 5.69 Å². The summed E-state index contributed by atoms with van der Waals surface area (Å²) in [6.07, 6.45) is 6.72. The average molecular weight is 383 g/mol. The van der Waals surface area contributed by atoms with Crippen LogP contribution >= 0.6 is 0 Å². The molecule has 0 aliphatic carbocycles. The van der Waals surface area contributed by atoms with Crippen LogP contribution in [-0.2, 0) is 9.59 Å². The van der Waals surface area contributed by atoms with Crippen LogP contribution in [0.2, 0.25) is 0 Å². The Hall–Kier alpha value is -3.64. The van der Waals surface area contributed by atoms with Crippen molar-refractivity contribution in [3.8, 4) is 18.0 Å². The number of anilines is 1. The lowest BCUT2D eigenvalue weighted by Gasteiger charge is -2.04. The number of hydrogen-bond acceptors (Lipinski definition) is 5. The first-order valence-electron chi connectivity index (χ1n) is 8.40. The number of hydrogen-bond donors (Lipinski definition) is 3. The van der Waals surface area contributed by atoms with Crippen LogP contribution in [0.15, 0.2) is 30.5 Å². The zero-order valence-corrected chi connectivity index (χ0v) is 15.5. The van der Waals surface area contributed by atoms with Gasteiger partial charge < -0.3 is 21.1 Å². The molecule has 0 bridgehead atoms. The molecule has 3 rings (SSSR count). The summed E-state index contributed by atoms with van der Waals surface area (Å²) in [5.74, 6) is 1.33. The second-order valence-electron chi connectivity index (χ2n) is 6.14. The molecule has 1 saturated heterocycles. The number of amides is 3. The maximum absolute atomic E-state index is 11.3. The van der Waals surface area contributed by atoms with Crippen molar-refractivity contribution in [2.45, 2.75) is 19.4 Å². The van der Waals surface area contributed by atoms with Crippen LogP contribution in [0.5, 0.6) is 0 Å². The molecule has 2 aromatic rings. The number of carbonyl (C=O) groups is 3. The van der Waals surface area contributed by atoms with Crippen LogP contribution < -0.4 is 11.1 Å². The lowest BCUT2D eigenvalue weighted by atomic mass is 10.2. The second-order valence-corrected chi connectivity index (χ2v) is 6.14. The largest absolute Gasteiger partial charge is 0.383 e. The number of nitrogens with one attached hydrogen (secondary N) is 1. The molecule has 1 aromatic carbocycles. The summed E-state index contributed by atoms with van der Waals surface area (Å²) in [7, 11) is 1.69. The Morgan fingerprint density at radius 2 is 2.14 bits per heavy atom. The van der Waals surface area contributed by atoms with Crippen LogP contribution in [0.25, 0.3) is 5.69 Å². The van der Waals surface area contributed by atoms with Gasteiger partial charge in [-0.1, -0.05) is 12.0 Å². The molecule has 0 saturated carbocycles. The smallest absolute Gasteiger partial charge is 0.271 e. The van der Waals surface area contributed by atoms with E-state index in [0.717, 1.165) is 0 Å². The Balaban J connectivity index is 0.000000292.